The predicted molar refractivity (Wildman–Crippen MR) is 245 cm³/mol. The molecule has 8 rings (SSSR count). The number of benzene rings is 2. The van der Waals surface area contributed by atoms with Gasteiger partial charge in [-0.1, -0.05) is 63.7 Å². The van der Waals surface area contributed by atoms with Crippen molar-refractivity contribution in [1.29, 1.82) is 0 Å². The molecule has 3 N–H and O–H groups in total. The van der Waals surface area contributed by atoms with E-state index >= 15 is 0 Å². The molecule has 4 heterocycles. The zero-order chi connectivity index (χ0) is 41.5. The number of halogens is 2. The van der Waals surface area contributed by atoms with Crippen LogP contribution in [0.25, 0.3) is 21.8 Å². The van der Waals surface area contributed by atoms with E-state index in [4.69, 9.17) is 52.5 Å². The maximum Gasteiger partial charge on any atom is 0.305 e. The molecule has 326 valence electrons. The van der Waals surface area contributed by atoms with Gasteiger partial charge in [-0.3, -0.25) is 19.6 Å². The summed E-state index contributed by atoms with van der Waals surface area (Å²) in [6.45, 7) is 5.18. The third-order valence-corrected chi connectivity index (χ3v) is 12.5. The average Bonchev–Trinajstić information content (AvgIpc) is 4.07. The molecule has 0 radical (unpaired) electrons. The Morgan fingerprint density at radius 2 is 1.11 bits per heavy atom. The smallest absolute Gasteiger partial charge is 0.305 e. The lowest BCUT2D eigenvalue weighted by Gasteiger charge is -2.13. The lowest BCUT2D eigenvalue weighted by Crippen LogP contribution is -2.03. The van der Waals surface area contributed by atoms with Crippen LogP contribution in [0.2, 0.25) is 10.0 Å². The molecule has 2 aromatic carbocycles. The highest BCUT2D eigenvalue weighted by Gasteiger charge is 2.22. The van der Waals surface area contributed by atoms with Crippen LogP contribution in [0.4, 0.5) is 0 Å². The Balaban J connectivity index is 0.000000224. The number of hydrogen-bond donors (Lipinski definition) is 3. The molecule has 61 heavy (non-hydrogen) atoms. The van der Waals surface area contributed by atoms with Gasteiger partial charge < -0.3 is 29.3 Å². The molecule has 6 aromatic rings. The summed E-state index contributed by atoms with van der Waals surface area (Å²) in [5.41, 5.74) is 10.5. The number of nitrogens with zero attached hydrogens (tertiary/aromatic N) is 2. The zero-order valence-electron chi connectivity index (χ0n) is 34.0. The normalized spacial score (nSPS) is 14.0. The molecule has 0 unspecified atom stereocenters. The Bertz CT molecular complexity index is 2430. The average molecular weight is 872 g/mol. The van der Waals surface area contributed by atoms with Crippen molar-refractivity contribution in [3.05, 3.63) is 116 Å². The molecule has 0 aliphatic heterocycles. The molecule has 0 saturated heterocycles. The Morgan fingerprint density at radius 1 is 0.689 bits per heavy atom. The molecule has 12 heteroatoms. The number of nitrogens with one attached hydrogen (secondary N) is 2. The van der Waals surface area contributed by atoms with Crippen molar-refractivity contribution in [3.63, 3.8) is 0 Å². The van der Waals surface area contributed by atoms with Crippen molar-refractivity contribution in [2.75, 3.05) is 7.11 Å². The highest BCUT2D eigenvalue weighted by atomic mass is 35.5. The molecule has 4 aromatic heterocycles. The number of rotatable bonds is 14. The van der Waals surface area contributed by atoms with Crippen LogP contribution < -0.4 is 9.47 Å². The largest absolute Gasteiger partial charge is 0.489 e. The third kappa shape index (κ3) is 11.7. The van der Waals surface area contributed by atoms with Crippen LogP contribution in [0.15, 0.2) is 60.9 Å². The van der Waals surface area contributed by atoms with E-state index in [-0.39, 0.29) is 33.7 Å². The van der Waals surface area contributed by atoms with E-state index < -0.39 is 5.97 Å². The maximum absolute atomic E-state index is 11.4. The predicted octanol–water partition coefficient (Wildman–Crippen LogP) is 12.9. The first-order valence-corrected chi connectivity index (χ1v) is 21.4. The number of carbonyl (C=O) groups is 2. The number of aliphatic carboxylic acids is 1. The van der Waals surface area contributed by atoms with Crippen LogP contribution in [-0.4, -0.2) is 44.1 Å². The van der Waals surface area contributed by atoms with E-state index in [2.05, 4.69) is 35.9 Å². The number of carbonyl (C=O) groups excluding carboxylic acids is 1. The van der Waals surface area contributed by atoms with Crippen LogP contribution in [0, 0.1) is 13.8 Å². The van der Waals surface area contributed by atoms with Gasteiger partial charge in [0, 0.05) is 79.9 Å². The number of aryl methyl sites for hydroxylation is 4. The zero-order valence-corrected chi connectivity index (χ0v) is 35.5. The first-order chi connectivity index (χ1) is 28.6. The summed E-state index contributed by atoms with van der Waals surface area (Å²) in [5, 5.41) is 11.8. The van der Waals surface area contributed by atoms with Crippen molar-refractivity contribution in [2.45, 2.75) is 131 Å². The van der Waals surface area contributed by atoms with E-state index in [1.165, 1.54) is 81.0 Å². The molecule has 0 spiro atoms. The van der Waals surface area contributed by atoms with Crippen LogP contribution in [0.1, 0.15) is 136 Å². The van der Waals surface area contributed by atoms with Gasteiger partial charge in [0.05, 0.1) is 30.0 Å². The van der Waals surface area contributed by atoms with Gasteiger partial charge in [-0.15, -0.1) is 0 Å². The Labute approximate surface area is 369 Å². The summed E-state index contributed by atoms with van der Waals surface area (Å²) in [5.74, 6) is 1.61. The molecule has 2 fully saturated rings. The minimum Gasteiger partial charge on any atom is -0.489 e. The fourth-order valence-electron chi connectivity index (χ4n) is 8.50. The summed E-state index contributed by atoms with van der Waals surface area (Å²) in [6.07, 6.45) is 15.3. The molecule has 0 bridgehead atoms. The van der Waals surface area contributed by atoms with Crippen molar-refractivity contribution < 1.29 is 28.9 Å². The second-order valence-electron chi connectivity index (χ2n) is 15.9. The van der Waals surface area contributed by atoms with Gasteiger partial charge in [-0.2, -0.15) is 0 Å². The Kier molecular flexibility index (Phi) is 16.7. The monoisotopic (exact) mass is 870 g/mol. The van der Waals surface area contributed by atoms with Crippen molar-refractivity contribution in [1.82, 2.24) is 19.9 Å². The number of aromatic nitrogens is 4. The molecule has 0 atom stereocenters. The van der Waals surface area contributed by atoms with E-state index in [0.29, 0.717) is 47.9 Å². The highest BCUT2D eigenvalue weighted by Crippen LogP contribution is 2.37. The minimum atomic E-state index is -0.841. The molecule has 10 nitrogen and oxygen atoms in total. The van der Waals surface area contributed by atoms with Gasteiger partial charge in [-0.25, -0.2) is 0 Å². The molecule has 2 aliphatic carbocycles. The molecular weight excluding hydrogens is 811 g/mol. The van der Waals surface area contributed by atoms with Crippen LogP contribution >= 0.6 is 23.2 Å². The van der Waals surface area contributed by atoms with E-state index in [0.717, 1.165) is 55.8 Å². The van der Waals surface area contributed by atoms with Crippen molar-refractivity contribution in [2.24, 2.45) is 0 Å². The second kappa shape index (κ2) is 21.6. The number of methoxy groups -OCH3 is 1. The van der Waals surface area contributed by atoms with Crippen LogP contribution in [0.5, 0.6) is 11.5 Å². The van der Waals surface area contributed by atoms with Gasteiger partial charge in [-0.05, 0) is 112 Å². The van der Waals surface area contributed by atoms with Gasteiger partial charge in [0.25, 0.3) is 0 Å². The molecular formula is C49H60Cl2N4O6. The first-order valence-electron chi connectivity index (χ1n) is 20.6. The highest BCUT2D eigenvalue weighted by molar-refractivity contribution is 6.37. The molecule has 0 amide bonds. The van der Waals surface area contributed by atoms with E-state index in [1.54, 1.807) is 0 Å². The number of fused-ring (bicyclic) bond motifs is 2. The number of pyridine rings is 2. The standard InChI is InChI=1S/C24H27ClN2O3.C23H25ClN2O3.2CH4/c1-15-11-16(13-26-24(15)17-5-3-4-6-17)14-30-18-7-8-20-19(12-18)23(25)21(27-20)9-10-22(28)29-2;1-14-10-15(12-25-23(14)16-4-2-3-5-16)13-29-17-6-7-19-18(11-17)22(24)20(26-19)8-9-21(27)28;;/h7-8,11-13,17,27H,3-6,9-10,14H2,1-2H3;6-7,10-12,16,26H,2-5,8-9,13H2,1H3,(H,27,28);2*1H4. The quantitative estimate of drug-likeness (QED) is 0.0920. The number of aromatic amines is 2. The van der Waals surface area contributed by atoms with Gasteiger partial charge >= 0.3 is 11.9 Å². The van der Waals surface area contributed by atoms with Crippen molar-refractivity contribution in [3.8, 4) is 11.5 Å². The van der Waals surface area contributed by atoms with E-state index in [9.17, 15) is 9.59 Å². The number of carboxylic acid groups (broad SMARTS) is 1. The summed E-state index contributed by atoms with van der Waals surface area (Å²) >= 11 is 13.0. The second-order valence-corrected chi connectivity index (χ2v) is 16.6. The summed E-state index contributed by atoms with van der Waals surface area (Å²) in [6, 6.07) is 15.9. The number of hydrogen-bond acceptors (Lipinski definition) is 7. The third-order valence-electron chi connectivity index (χ3n) is 11.6. The lowest BCUT2D eigenvalue weighted by molar-refractivity contribution is -0.140. The van der Waals surface area contributed by atoms with Crippen molar-refractivity contribution >= 4 is 56.9 Å². The number of H-pyrrole nitrogens is 2. The van der Waals surface area contributed by atoms with Crippen LogP contribution in [0.3, 0.4) is 0 Å². The fourth-order valence-corrected chi connectivity index (χ4v) is 9.10. The maximum atomic E-state index is 11.4. The summed E-state index contributed by atoms with van der Waals surface area (Å²) in [4.78, 5) is 38.1. The lowest BCUT2D eigenvalue weighted by atomic mass is 9.98. The van der Waals surface area contributed by atoms with Gasteiger partial charge in [0.2, 0.25) is 0 Å². The summed E-state index contributed by atoms with van der Waals surface area (Å²) < 4.78 is 16.7. The SMILES string of the molecule is C.C.COC(=O)CCc1[nH]c2ccc(OCc3cnc(C4CCCC4)c(C)c3)cc2c1Cl.Cc1cc(COc2ccc3[nH]c(CCC(=O)O)c(Cl)c3c2)cnc1C1CCCC1. The topological polar surface area (TPSA) is 139 Å². The minimum absolute atomic E-state index is 0. The van der Waals surface area contributed by atoms with E-state index in [1.807, 2.05) is 48.8 Å². The Morgan fingerprint density at radius 3 is 1.51 bits per heavy atom. The number of carboxylic acids is 1. The summed E-state index contributed by atoms with van der Waals surface area (Å²) in [7, 11) is 1.39. The molecule has 2 saturated carbocycles. The van der Waals surface area contributed by atoms with Gasteiger partial charge in [0.1, 0.15) is 24.7 Å². The van der Waals surface area contributed by atoms with Crippen LogP contribution in [-0.2, 0) is 40.4 Å². The number of ether oxygens (including phenoxy) is 3. The Hall–Kier alpha value is -5.06. The number of esters is 1. The van der Waals surface area contributed by atoms with Gasteiger partial charge in [0.15, 0.2) is 0 Å². The first kappa shape index (κ1) is 47.0. The fraction of sp³-hybridized carbons (Fsp3) is 0.429. The molecule has 2 aliphatic rings.